The Morgan fingerprint density at radius 3 is 2.72 bits per heavy atom. The Hall–Kier alpha value is -2.64. The van der Waals surface area contributed by atoms with Crippen molar-refractivity contribution in [3.8, 4) is 0 Å². The lowest BCUT2D eigenvalue weighted by molar-refractivity contribution is -0.255. The number of aromatic carboxylic acids is 1. The number of carbonyl (C=O) groups is 1. The molecule has 3 rings (SSSR count). The highest BCUT2D eigenvalue weighted by molar-refractivity contribution is 7.98. The number of halogens is 1. The van der Waals surface area contributed by atoms with E-state index in [1.54, 1.807) is 23.0 Å². The van der Waals surface area contributed by atoms with Crippen LogP contribution in [0.15, 0.2) is 65.1 Å². The second-order valence-electron chi connectivity index (χ2n) is 4.99. The van der Waals surface area contributed by atoms with E-state index in [-0.39, 0.29) is 5.56 Å². The van der Waals surface area contributed by atoms with Crippen molar-refractivity contribution in [3.63, 3.8) is 0 Å². The summed E-state index contributed by atoms with van der Waals surface area (Å²) in [7, 11) is 0. The normalized spacial score (nSPS) is 11.1. The number of hydrogen-bond acceptors (Lipinski definition) is 6. The molecular weight excluding hydrogens is 360 g/mol. The van der Waals surface area contributed by atoms with Crippen molar-refractivity contribution in [2.75, 3.05) is 0 Å². The van der Waals surface area contributed by atoms with Crippen LogP contribution in [-0.4, -0.2) is 27.1 Å². The average Bonchev–Trinajstić information content (AvgIpc) is 3.07. The first kappa shape index (κ1) is 17.2. The third kappa shape index (κ3) is 4.46. The molecule has 1 heterocycles. The molecule has 25 heavy (non-hydrogen) atoms. The maximum Gasteiger partial charge on any atom is 0.212 e. The highest BCUT2D eigenvalue weighted by Gasteiger charge is 2.06. The van der Waals surface area contributed by atoms with Gasteiger partial charge in [-0.15, -0.1) is 10.2 Å². The first-order valence-corrected chi connectivity index (χ1v) is 8.62. The van der Waals surface area contributed by atoms with E-state index in [0.29, 0.717) is 15.9 Å². The first-order valence-electron chi connectivity index (χ1n) is 7.25. The molecule has 0 unspecified atom stereocenters. The van der Waals surface area contributed by atoms with Gasteiger partial charge in [0.1, 0.15) is 6.33 Å². The van der Waals surface area contributed by atoms with Crippen molar-refractivity contribution in [2.24, 2.45) is 5.10 Å². The lowest BCUT2D eigenvalue weighted by atomic mass is 10.1. The predicted octanol–water partition coefficient (Wildman–Crippen LogP) is 2.47. The lowest BCUT2D eigenvalue weighted by Crippen LogP contribution is -2.21. The smallest absolute Gasteiger partial charge is 0.212 e. The maximum atomic E-state index is 10.7. The van der Waals surface area contributed by atoms with E-state index < -0.39 is 5.97 Å². The molecule has 126 valence electrons. The van der Waals surface area contributed by atoms with Crippen LogP contribution in [0.2, 0.25) is 5.02 Å². The van der Waals surface area contributed by atoms with Crippen LogP contribution in [0, 0.1) is 0 Å². The number of carboxylic acids is 1. The van der Waals surface area contributed by atoms with E-state index in [4.69, 9.17) is 11.6 Å². The van der Waals surface area contributed by atoms with Gasteiger partial charge in [0.15, 0.2) is 0 Å². The number of hydrogen-bond donors (Lipinski definition) is 0. The summed E-state index contributed by atoms with van der Waals surface area (Å²) >= 11 is 7.62. The van der Waals surface area contributed by atoms with Gasteiger partial charge >= 0.3 is 0 Å². The largest absolute Gasteiger partial charge is 0.545 e. The van der Waals surface area contributed by atoms with Gasteiger partial charge in [-0.05, 0) is 22.8 Å². The number of nitrogens with zero attached hydrogens (tertiary/aromatic N) is 4. The average molecular weight is 372 g/mol. The molecule has 0 atom stereocenters. The minimum Gasteiger partial charge on any atom is -0.545 e. The molecule has 0 saturated heterocycles. The van der Waals surface area contributed by atoms with Crippen LogP contribution in [0.4, 0.5) is 0 Å². The van der Waals surface area contributed by atoms with Gasteiger partial charge in [-0.1, -0.05) is 65.8 Å². The quantitative estimate of drug-likeness (QED) is 0.491. The number of aromatic nitrogens is 3. The number of thioether (sulfide) groups is 1. The van der Waals surface area contributed by atoms with Gasteiger partial charge in [0.25, 0.3) is 0 Å². The van der Waals surface area contributed by atoms with E-state index >= 15 is 0 Å². The van der Waals surface area contributed by atoms with Gasteiger partial charge in [0.05, 0.1) is 12.2 Å². The minimum atomic E-state index is -1.21. The van der Waals surface area contributed by atoms with Gasteiger partial charge in [-0.25, -0.2) is 0 Å². The Labute approximate surface area is 153 Å². The van der Waals surface area contributed by atoms with E-state index in [9.17, 15) is 9.90 Å². The molecule has 0 N–H and O–H groups in total. The third-order valence-electron chi connectivity index (χ3n) is 3.29. The van der Waals surface area contributed by atoms with Crippen LogP contribution in [0.1, 0.15) is 21.5 Å². The molecular formula is C17H12ClN4O2S-. The van der Waals surface area contributed by atoms with Crippen LogP contribution in [-0.2, 0) is 5.75 Å². The predicted molar refractivity (Wildman–Crippen MR) is 94.8 cm³/mol. The van der Waals surface area contributed by atoms with E-state index in [1.807, 2.05) is 24.3 Å². The molecule has 2 aromatic carbocycles. The SMILES string of the molecule is O=C([O-])c1ccc(/C=N\n2cnnc2SCc2ccccc2Cl)cc1. The summed E-state index contributed by atoms with van der Waals surface area (Å²) in [5, 5.41) is 24.3. The molecule has 1 aromatic heterocycles. The number of carbonyl (C=O) groups excluding carboxylic acids is 1. The Balaban J connectivity index is 1.69. The molecule has 0 fully saturated rings. The summed E-state index contributed by atoms with van der Waals surface area (Å²) < 4.78 is 1.55. The minimum absolute atomic E-state index is 0.123. The van der Waals surface area contributed by atoms with Gasteiger partial charge < -0.3 is 9.90 Å². The summed E-state index contributed by atoms with van der Waals surface area (Å²) in [5.41, 5.74) is 1.88. The highest BCUT2D eigenvalue weighted by atomic mass is 35.5. The Bertz CT molecular complexity index is 909. The molecule has 0 spiro atoms. The fraction of sp³-hybridized carbons (Fsp3) is 0.0588. The van der Waals surface area contributed by atoms with Gasteiger partial charge in [-0.2, -0.15) is 9.78 Å². The van der Waals surface area contributed by atoms with Crippen molar-refractivity contribution >= 4 is 35.5 Å². The molecule has 3 aromatic rings. The molecule has 0 aliphatic rings. The van der Waals surface area contributed by atoms with Gasteiger partial charge in [-0.3, -0.25) is 0 Å². The number of benzene rings is 2. The Kier molecular flexibility index (Phi) is 5.47. The van der Waals surface area contributed by atoms with E-state index in [1.165, 1.54) is 30.2 Å². The molecule has 0 aliphatic carbocycles. The van der Waals surface area contributed by atoms with Crippen LogP contribution in [0.3, 0.4) is 0 Å². The van der Waals surface area contributed by atoms with Gasteiger partial charge in [0, 0.05) is 10.8 Å². The second-order valence-corrected chi connectivity index (χ2v) is 6.34. The van der Waals surface area contributed by atoms with Crippen molar-refractivity contribution in [1.29, 1.82) is 0 Å². The molecule has 0 amide bonds. The topological polar surface area (TPSA) is 83.2 Å². The van der Waals surface area contributed by atoms with Crippen molar-refractivity contribution in [1.82, 2.24) is 14.9 Å². The van der Waals surface area contributed by atoms with Crippen LogP contribution < -0.4 is 5.11 Å². The fourth-order valence-electron chi connectivity index (χ4n) is 1.99. The number of rotatable bonds is 6. The third-order valence-corrected chi connectivity index (χ3v) is 4.64. The summed E-state index contributed by atoms with van der Waals surface area (Å²) in [6, 6.07) is 13.8. The fourth-order valence-corrected chi connectivity index (χ4v) is 3.13. The molecule has 8 heteroatoms. The Morgan fingerprint density at radius 2 is 2.00 bits per heavy atom. The standard InChI is InChI=1S/C17H13ClN4O2S/c18-15-4-2-1-3-14(15)10-25-17-21-19-11-22(17)20-9-12-5-7-13(8-6-12)16(23)24/h1-9,11H,10H2,(H,23,24)/p-1/b20-9-. The highest BCUT2D eigenvalue weighted by Crippen LogP contribution is 2.25. The van der Waals surface area contributed by atoms with Crippen molar-refractivity contribution in [3.05, 3.63) is 76.6 Å². The molecule has 6 nitrogen and oxygen atoms in total. The zero-order chi connectivity index (χ0) is 17.6. The van der Waals surface area contributed by atoms with E-state index in [0.717, 1.165) is 11.1 Å². The lowest BCUT2D eigenvalue weighted by Gasteiger charge is -2.03. The zero-order valence-corrected chi connectivity index (χ0v) is 14.4. The summed E-state index contributed by atoms with van der Waals surface area (Å²) in [6.07, 6.45) is 3.10. The molecule has 0 saturated carbocycles. The summed E-state index contributed by atoms with van der Waals surface area (Å²) in [6.45, 7) is 0. The first-order chi connectivity index (χ1) is 12.1. The van der Waals surface area contributed by atoms with Crippen LogP contribution >= 0.6 is 23.4 Å². The second kappa shape index (κ2) is 7.96. The van der Waals surface area contributed by atoms with Crippen LogP contribution in [0.25, 0.3) is 0 Å². The Morgan fingerprint density at radius 1 is 1.24 bits per heavy atom. The molecule has 0 radical (unpaired) electrons. The van der Waals surface area contributed by atoms with Crippen molar-refractivity contribution in [2.45, 2.75) is 10.9 Å². The van der Waals surface area contributed by atoms with E-state index in [2.05, 4.69) is 15.3 Å². The monoisotopic (exact) mass is 371 g/mol. The molecule has 0 bridgehead atoms. The van der Waals surface area contributed by atoms with Crippen molar-refractivity contribution < 1.29 is 9.90 Å². The zero-order valence-electron chi connectivity index (χ0n) is 12.9. The maximum absolute atomic E-state index is 10.7. The van der Waals surface area contributed by atoms with Crippen LogP contribution in [0.5, 0.6) is 0 Å². The summed E-state index contributed by atoms with van der Waals surface area (Å²) in [4.78, 5) is 10.7. The summed E-state index contributed by atoms with van der Waals surface area (Å²) in [5.74, 6) is -0.561. The molecule has 0 aliphatic heterocycles. The number of carboxylic acid groups (broad SMARTS) is 1. The van der Waals surface area contributed by atoms with Gasteiger partial charge in [0.2, 0.25) is 5.16 Å².